The highest BCUT2D eigenvalue weighted by Crippen LogP contribution is 2.26. The Morgan fingerprint density at radius 3 is 2.41 bits per heavy atom. The Labute approximate surface area is 163 Å². The maximum atomic E-state index is 13.3. The number of sulfonamides is 1. The van der Waals surface area contributed by atoms with Crippen molar-refractivity contribution in [2.45, 2.75) is 18.0 Å². The standard InChI is InChI=1S/C20H18N2O3S2/c1-25-20-7-3-2-5-17(20)14-22(15-18-6-4-12-26-18)27(23,24)19-10-8-16(13-21)9-11-19/h2-12H,14-15H2,1H3. The van der Waals surface area contributed by atoms with Crippen molar-refractivity contribution < 1.29 is 13.2 Å². The van der Waals surface area contributed by atoms with Gasteiger partial charge in [0.15, 0.2) is 0 Å². The summed E-state index contributed by atoms with van der Waals surface area (Å²) < 4.78 is 33.3. The molecule has 0 spiro atoms. The lowest BCUT2D eigenvalue weighted by Gasteiger charge is -2.23. The third kappa shape index (κ3) is 4.37. The first kappa shape index (κ1) is 19.1. The van der Waals surface area contributed by atoms with E-state index in [-0.39, 0.29) is 18.0 Å². The van der Waals surface area contributed by atoms with E-state index in [2.05, 4.69) is 0 Å². The van der Waals surface area contributed by atoms with Gasteiger partial charge in [0.2, 0.25) is 10.0 Å². The van der Waals surface area contributed by atoms with Crippen LogP contribution in [0.15, 0.2) is 70.9 Å². The first-order valence-electron chi connectivity index (χ1n) is 8.19. The number of ether oxygens (including phenoxy) is 1. The van der Waals surface area contributed by atoms with Crippen molar-refractivity contribution in [2.75, 3.05) is 7.11 Å². The zero-order valence-corrected chi connectivity index (χ0v) is 16.3. The van der Waals surface area contributed by atoms with Gasteiger partial charge in [0.1, 0.15) is 5.75 Å². The molecule has 0 saturated heterocycles. The second kappa shape index (κ2) is 8.35. The van der Waals surface area contributed by atoms with Crippen molar-refractivity contribution in [1.29, 1.82) is 5.26 Å². The summed E-state index contributed by atoms with van der Waals surface area (Å²) in [6, 6.07) is 19.2. The second-order valence-corrected chi connectivity index (χ2v) is 8.77. The number of benzene rings is 2. The molecule has 0 amide bonds. The Morgan fingerprint density at radius 1 is 1.04 bits per heavy atom. The van der Waals surface area contributed by atoms with Gasteiger partial charge in [0, 0.05) is 23.5 Å². The number of hydrogen-bond acceptors (Lipinski definition) is 5. The fraction of sp³-hybridized carbons (Fsp3) is 0.150. The highest BCUT2D eigenvalue weighted by Gasteiger charge is 2.26. The van der Waals surface area contributed by atoms with Gasteiger partial charge in [-0.2, -0.15) is 9.57 Å². The molecule has 3 rings (SSSR count). The Morgan fingerprint density at radius 2 is 1.78 bits per heavy atom. The van der Waals surface area contributed by atoms with Crippen LogP contribution < -0.4 is 4.74 Å². The van der Waals surface area contributed by atoms with E-state index in [1.807, 2.05) is 47.8 Å². The molecule has 3 aromatic rings. The molecule has 1 heterocycles. The largest absolute Gasteiger partial charge is 0.496 e. The summed E-state index contributed by atoms with van der Waals surface area (Å²) in [4.78, 5) is 1.11. The van der Waals surface area contributed by atoms with Gasteiger partial charge < -0.3 is 4.74 Å². The van der Waals surface area contributed by atoms with E-state index >= 15 is 0 Å². The molecule has 1 aromatic heterocycles. The first-order valence-corrected chi connectivity index (χ1v) is 10.5. The van der Waals surface area contributed by atoms with E-state index in [9.17, 15) is 8.42 Å². The van der Waals surface area contributed by atoms with Crippen LogP contribution in [0.3, 0.4) is 0 Å². The van der Waals surface area contributed by atoms with Crippen LogP contribution in [0, 0.1) is 11.3 Å². The number of hydrogen-bond donors (Lipinski definition) is 0. The summed E-state index contributed by atoms with van der Waals surface area (Å²) in [5.41, 5.74) is 1.21. The molecule has 0 radical (unpaired) electrons. The maximum absolute atomic E-state index is 13.3. The van der Waals surface area contributed by atoms with E-state index in [0.29, 0.717) is 11.3 Å². The van der Waals surface area contributed by atoms with Crippen molar-refractivity contribution in [3.63, 3.8) is 0 Å². The van der Waals surface area contributed by atoms with Crippen LogP contribution in [0.2, 0.25) is 0 Å². The van der Waals surface area contributed by atoms with Crippen LogP contribution in [0.25, 0.3) is 0 Å². The molecule has 0 bridgehead atoms. The molecule has 0 saturated carbocycles. The Balaban J connectivity index is 1.99. The summed E-state index contributed by atoms with van der Waals surface area (Å²) in [6.45, 7) is 0.447. The molecule has 138 valence electrons. The van der Waals surface area contributed by atoms with Gasteiger partial charge in [-0.25, -0.2) is 8.42 Å². The average Bonchev–Trinajstić information content (AvgIpc) is 3.21. The number of methoxy groups -OCH3 is 1. The lowest BCUT2D eigenvalue weighted by molar-refractivity contribution is 0.377. The van der Waals surface area contributed by atoms with Gasteiger partial charge in [0.25, 0.3) is 0 Å². The Bertz CT molecular complexity index is 1040. The summed E-state index contributed by atoms with van der Waals surface area (Å²) >= 11 is 1.51. The van der Waals surface area contributed by atoms with Crippen LogP contribution in [0.5, 0.6) is 5.75 Å². The molecular weight excluding hydrogens is 380 g/mol. The zero-order valence-electron chi connectivity index (χ0n) is 14.7. The zero-order chi connectivity index (χ0) is 19.3. The molecule has 0 N–H and O–H groups in total. The van der Waals surface area contributed by atoms with E-state index in [1.54, 1.807) is 7.11 Å². The van der Waals surface area contributed by atoms with Gasteiger partial charge in [0.05, 0.1) is 23.6 Å². The van der Waals surface area contributed by atoms with E-state index < -0.39 is 10.0 Å². The molecule has 0 aliphatic rings. The summed E-state index contributed by atoms with van der Waals surface area (Å²) in [6.07, 6.45) is 0. The van der Waals surface area contributed by atoms with Crippen molar-refractivity contribution in [2.24, 2.45) is 0 Å². The Kier molecular flexibility index (Phi) is 5.91. The second-order valence-electron chi connectivity index (χ2n) is 5.80. The monoisotopic (exact) mass is 398 g/mol. The normalized spacial score (nSPS) is 11.3. The molecule has 0 atom stereocenters. The first-order chi connectivity index (χ1) is 13.0. The van der Waals surface area contributed by atoms with Crippen molar-refractivity contribution in [3.05, 3.63) is 82.0 Å². The predicted molar refractivity (Wildman–Crippen MR) is 105 cm³/mol. The van der Waals surface area contributed by atoms with Crippen LogP contribution in [0.1, 0.15) is 16.0 Å². The van der Waals surface area contributed by atoms with Crippen LogP contribution in [-0.4, -0.2) is 19.8 Å². The van der Waals surface area contributed by atoms with Gasteiger partial charge in [-0.15, -0.1) is 11.3 Å². The number of nitriles is 1. The quantitative estimate of drug-likeness (QED) is 0.603. The van der Waals surface area contributed by atoms with E-state index in [1.165, 1.54) is 39.9 Å². The molecule has 7 heteroatoms. The fourth-order valence-electron chi connectivity index (χ4n) is 2.68. The molecule has 0 aliphatic carbocycles. The number of para-hydroxylation sites is 1. The fourth-order valence-corrected chi connectivity index (χ4v) is 4.87. The SMILES string of the molecule is COc1ccccc1CN(Cc1cccs1)S(=O)(=O)c1ccc(C#N)cc1. The van der Waals surface area contributed by atoms with Crippen molar-refractivity contribution >= 4 is 21.4 Å². The van der Waals surface area contributed by atoms with Crippen LogP contribution >= 0.6 is 11.3 Å². The highest BCUT2D eigenvalue weighted by atomic mass is 32.2. The number of nitrogens with zero attached hydrogens (tertiary/aromatic N) is 2. The minimum absolute atomic E-state index is 0.160. The molecule has 5 nitrogen and oxygen atoms in total. The molecule has 0 fully saturated rings. The van der Waals surface area contributed by atoms with Crippen LogP contribution in [0.4, 0.5) is 0 Å². The number of rotatable bonds is 7. The topological polar surface area (TPSA) is 70.4 Å². The summed E-state index contributed by atoms with van der Waals surface area (Å²) in [7, 11) is -2.18. The number of thiophene rings is 1. The summed E-state index contributed by atoms with van der Waals surface area (Å²) in [5.74, 6) is 0.642. The van der Waals surface area contributed by atoms with Gasteiger partial charge in [-0.1, -0.05) is 24.3 Å². The smallest absolute Gasteiger partial charge is 0.243 e. The van der Waals surface area contributed by atoms with E-state index in [4.69, 9.17) is 10.00 Å². The third-order valence-electron chi connectivity index (χ3n) is 4.07. The molecule has 27 heavy (non-hydrogen) atoms. The van der Waals surface area contributed by atoms with Crippen molar-refractivity contribution in [1.82, 2.24) is 4.31 Å². The molecule has 2 aromatic carbocycles. The van der Waals surface area contributed by atoms with Gasteiger partial charge in [-0.3, -0.25) is 0 Å². The van der Waals surface area contributed by atoms with Gasteiger partial charge in [-0.05, 0) is 41.8 Å². The van der Waals surface area contributed by atoms with E-state index in [0.717, 1.165) is 10.4 Å². The molecule has 0 aliphatic heterocycles. The van der Waals surface area contributed by atoms with Gasteiger partial charge >= 0.3 is 0 Å². The Hall–Kier alpha value is -2.66. The minimum Gasteiger partial charge on any atom is -0.496 e. The highest BCUT2D eigenvalue weighted by molar-refractivity contribution is 7.89. The molecular formula is C20H18N2O3S2. The lowest BCUT2D eigenvalue weighted by Crippen LogP contribution is -2.30. The maximum Gasteiger partial charge on any atom is 0.243 e. The minimum atomic E-state index is -3.75. The lowest BCUT2D eigenvalue weighted by atomic mass is 10.2. The average molecular weight is 399 g/mol. The van der Waals surface area contributed by atoms with Crippen molar-refractivity contribution in [3.8, 4) is 11.8 Å². The van der Waals surface area contributed by atoms with Crippen LogP contribution in [-0.2, 0) is 23.1 Å². The predicted octanol–water partition coefficient (Wildman–Crippen LogP) is 4.02. The molecule has 0 unspecified atom stereocenters. The third-order valence-corrected chi connectivity index (χ3v) is 6.74. The summed E-state index contributed by atoms with van der Waals surface area (Å²) in [5, 5.41) is 10.9.